The Bertz CT molecular complexity index is 668. The normalized spacial score (nSPS) is 22.5. The van der Waals surface area contributed by atoms with Crippen LogP contribution in [0.15, 0.2) is 40.5 Å². The van der Waals surface area contributed by atoms with Gasteiger partial charge in [-0.3, -0.25) is 0 Å². The van der Waals surface area contributed by atoms with Gasteiger partial charge in [0.2, 0.25) is 5.96 Å². The van der Waals surface area contributed by atoms with Crippen LogP contribution in [0.1, 0.15) is 36.8 Å². The summed E-state index contributed by atoms with van der Waals surface area (Å²) in [6, 6.07) is 8.96. The van der Waals surface area contributed by atoms with Gasteiger partial charge in [0.25, 0.3) is 0 Å². The molecule has 0 atom stereocenters. The second-order valence-corrected chi connectivity index (χ2v) is 6.49. The Balaban J connectivity index is 1.67. The first-order valence-corrected chi connectivity index (χ1v) is 8.24. The second kappa shape index (κ2) is 5.52. The highest BCUT2D eigenvalue weighted by Crippen LogP contribution is 2.31. The van der Waals surface area contributed by atoms with Gasteiger partial charge in [-0.2, -0.15) is 10.0 Å². The van der Waals surface area contributed by atoms with Crippen molar-refractivity contribution in [2.45, 2.75) is 38.6 Å². The minimum absolute atomic E-state index is 0.520. The van der Waals surface area contributed by atoms with Crippen molar-refractivity contribution in [1.82, 2.24) is 10.0 Å². The molecule has 5 heteroatoms. The molecule has 3 aliphatic rings. The molecule has 0 N–H and O–H groups in total. The number of hydrogen-bond acceptors (Lipinski definition) is 4. The Morgan fingerprint density at radius 2 is 1.86 bits per heavy atom. The van der Waals surface area contributed by atoms with Crippen LogP contribution in [0.5, 0.6) is 0 Å². The molecule has 2 aliphatic heterocycles. The lowest BCUT2D eigenvalue weighted by Crippen LogP contribution is -2.44. The minimum Gasteiger partial charge on any atom is -0.246 e. The van der Waals surface area contributed by atoms with Gasteiger partial charge in [-0.25, -0.2) is 10.0 Å². The molecule has 0 radical (unpaired) electrons. The van der Waals surface area contributed by atoms with Crippen LogP contribution in [-0.4, -0.2) is 33.9 Å². The molecule has 1 aliphatic carbocycles. The maximum Gasteiger partial charge on any atom is 0.242 e. The molecule has 4 nitrogen and oxygen atoms in total. The first-order valence-electron chi connectivity index (χ1n) is 7.86. The molecule has 2 heterocycles. The number of hydrazine groups is 1. The van der Waals surface area contributed by atoms with Crippen molar-refractivity contribution < 1.29 is 0 Å². The predicted octanol–water partition coefficient (Wildman–Crippen LogP) is 3.78. The zero-order valence-electron chi connectivity index (χ0n) is 12.7. The van der Waals surface area contributed by atoms with Gasteiger partial charge >= 0.3 is 0 Å². The van der Waals surface area contributed by atoms with E-state index in [1.54, 1.807) is 0 Å². The van der Waals surface area contributed by atoms with E-state index in [0.29, 0.717) is 23.8 Å². The van der Waals surface area contributed by atoms with Crippen LogP contribution in [0, 0.1) is 6.92 Å². The summed E-state index contributed by atoms with van der Waals surface area (Å²) in [6.07, 6.45) is 7.19. The van der Waals surface area contributed by atoms with Crippen molar-refractivity contribution >= 4 is 28.3 Å². The topological polar surface area (TPSA) is 31.2 Å². The number of halogens is 1. The lowest BCUT2D eigenvalue weighted by Gasteiger charge is -2.33. The SMILES string of the molecule is Cc1ccc(C2=CN3C(=NCN3C3CCCC3)N=C2Cl)cc1. The number of hydrogen-bond donors (Lipinski definition) is 0. The lowest BCUT2D eigenvalue weighted by atomic mass is 10.1. The monoisotopic (exact) mass is 314 g/mol. The lowest BCUT2D eigenvalue weighted by molar-refractivity contribution is 0.0626. The molecular weight excluding hydrogens is 296 g/mol. The molecule has 1 aromatic carbocycles. The Kier molecular flexibility index (Phi) is 3.51. The van der Waals surface area contributed by atoms with E-state index >= 15 is 0 Å². The van der Waals surface area contributed by atoms with Crippen LogP contribution in [-0.2, 0) is 0 Å². The third-order valence-corrected chi connectivity index (χ3v) is 4.91. The Morgan fingerprint density at radius 3 is 2.59 bits per heavy atom. The van der Waals surface area contributed by atoms with Crippen molar-refractivity contribution in [3.05, 3.63) is 41.6 Å². The van der Waals surface area contributed by atoms with Crippen molar-refractivity contribution in [1.29, 1.82) is 0 Å². The zero-order chi connectivity index (χ0) is 15.1. The molecule has 0 aromatic heterocycles. The third-order valence-electron chi connectivity index (χ3n) is 4.62. The average molecular weight is 315 g/mol. The molecule has 1 saturated carbocycles. The summed E-state index contributed by atoms with van der Waals surface area (Å²) < 4.78 is 0. The van der Waals surface area contributed by atoms with Crippen LogP contribution >= 0.6 is 11.6 Å². The third kappa shape index (κ3) is 2.36. The van der Waals surface area contributed by atoms with Crippen LogP contribution < -0.4 is 0 Å². The number of guanidine groups is 1. The maximum atomic E-state index is 6.39. The van der Waals surface area contributed by atoms with Gasteiger partial charge in [-0.1, -0.05) is 54.3 Å². The van der Waals surface area contributed by atoms with E-state index in [0.717, 1.165) is 11.1 Å². The van der Waals surface area contributed by atoms with E-state index in [9.17, 15) is 0 Å². The van der Waals surface area contributed by atoms with E-state index in [2.05, 4.69) is 57.4 Å². The van der Waals surface area contributed by atoms with Gasteiger partial charge in [0, 0.05) is 17.8 Å². The average Bonchev–Trinajstić information content (AvgIpc) is 3.16. The van der Waals surface area contributed by atoms with Crippen LogP contribution in [0.25, 0.3) is 5.57 Å². The highest BCUT2D eigenvalue weighted by molar-refractivity contribution is 6.77. The summed E-state index contributed by atoms with van der Waals surface area (Å²) in [6.45, 7) is 2.77. The Morgan fingerprint density at radius 1 is 1.14 bits per heavy atom. The summed E-state index contributed by atoms with van der Waals surface area (Å²) in [5, 5.41) is 4.94. The summed E-state index contributed by atoms with van der Waals surface area (Å²) >= 11 is 6.39. The number of aryl methyl sites for hydroxylation is 1. The zero-order valence-corrected chi connectivity index (χ0v) is 13.4. The van der Waals surface area contributed by atoms with Crippen molar-refractivity contribution in [2.75, 3.05) is 6.67 Å². The standard InChI is InChI=1S/C17H19ClN4/c1-12-6-8-13(9-7-12)15-10-21-17(20-16(15)18)19-11-22(21)14-4-2-3-5-14/h6-10,14H,2-5,11H2,1H3. The molecular formula is C17H19ClN4. The fourth-order valence-electron chi connectivity index (χ4n) is 3.35. The highest BCUT2D eigenvalue weighted by Gasteiger charge is 2.34. The van der Waals surface area contributed by atoms with Gasteiger partial charge in [0.15, 0.2) is 0 Å². The molecule has 22 heavy (non-hydrogen) atoms. The van der Waals surface area contributed by atoms with E-state index in [-0.39, 0.29) is 0 Å². The Hall–Kier alpha value is -1.65. The summed E-state index contributed by atoms with van der Waals surface area (Å²) in [7, 11) is 0. The van der Waals surface area contributed by atoms with E-state index in [1.807, 2.05) is 0 Å². The quantitative estimate of drug-likeness (QED) is 0.832. The van der Waals surface area contributed by atoms with Crippen LogP contribution in [0.4, 0.5) is 0 Å². The Labute approximate surface area is 135 Å². The van der Waals surface area contributed by atoms with Crippen molar-refractivity contribution in [3.8, 4) is 0 Å². The highest BCUT2D eigenvalue weighted by atomic mass is 35.5. The number of rotatable bonds is 2. The van der Waals surface area contributed by atoms with E-state index in [4.69, 9.17) is 11.6 Å². The van der Waals surface area contributed by atoms with Crippen molar-refractivity contribution in [2.24, 2.45) is 9.98 Å². The van der Waals surface area contributed by atoms with Gasteiger partial charge < -0.3 is 0 Å². The molecule has 0 saturated heterocycles. The number of allylic oxidation sites excluding steroid dienone is 1. The molecule has 0 amide bonds. The molecule has 0 unspecified atom stereocenters. The molecule has 4 rings (SSSR count). The number of nitrogens with zero attached hydrogens (tertiary/aromatic N) is 4. The molecule has 1 aromatic rings. The van der Waals surface area contributed by atoms with E-state index < -0.39 is 0 Å². The molecule has 1 fully saturated rings. The minimum atomic E-state index is 0.520. The largest absolute Gasteiger partial charge is 0.246 e. The summed E-state index contributed by atoms with van der Waals surface area (Å²) in [5.74, 6) is 0.716. The summed E-state index contributed by atoms with van der Waals surface area (Å²) in [4.78, 5) is 9.02. The smallest absolute Gasteiger partial charge is 0.242 e. The molecule has 0 spiro atoms. The van der Waals surface area contributed by atoms with E-state index in [1.165, 1.54) is 31.2 Å². The number of aliphatic imine (C=N–C) groups is 2. The van der Waals surface area contributed by atoms with Crippen LogP contribution in [0.3, 0.4) is 0 Å². The van der Waals surface area contributed by atoms with Gasteiger partial charge in [-0.05, 0) is 25.3 Å². The first kappa shape index (κ1) is 14.0. The fraction of sp³-hybridized carbons (Fsp3) is 0.412. The van der Waals surface area contributed by atoms with Crippen molar-refractivity contribution in [3.63, 3.8) is 0 Å². The van der Waals surface area contributed by atoms with Gasteiger partial charge in [0.1, 0.15) is 11.8 Å². The maximum absolute atomic E-state index is 6.39. The predicted molar refractivity (Wildman–Crippen MR) is 90.7 cm³/mol. The second-order valence-electron chi connectivity index (χ2n) is 6.13. The number of benzene rings is 1. The fourth-order valence-corrected chi connectivity index (χ4v) is 3.59. The van der Waals surface area contributed by atoms with Crippen LogP contribution in [0.2, 0.25) is 0 Å². The molecule has 114 valence electrons. The van der Waals surface area contributed by atoms with Gasteiger partial charge in [0.05, 0.1) is 0 Å². The van der Waals surface area contributed by atoms with Gasteiger partial charge in [-0.15, -0.1) is 0 Å². The molecule has 0 bridgehead atoms. The first-order chi connectivity index (χ1) is 10.7. The number of fused-ring (bicyclic) bond motifs is 1. The summed E-state index contributed by atoms with van der Waals surface area (Å²) in [5.41, 5.74) is 3.30.